The number of carbonyl (C=O) groups is 1. The molecule has 0 aromatic heterocycles. The Balaban J connectivity index is 2.31. The molecule has 2 unspecified atom stereocenters. The second-order valence-corrected chi connectivity index (χ2v) is 6.15. The summed E-state index contributed by atoms with van der Waals surface area (Å²) in [6.45, 7) is 12.8. The van der Waals surface area contributed by atoms with Gasteiger partial charge in [0.15, 0.2) is 0 Å². The first-order chi connectivity index (χ1) is 9.55. The van der Waals surface area contributed by atoms with E-state index < -0.39 is 0 Å². The summed E-state index contributed by atoms with van der Waals surface area (Å²) in [4.78, 5) is 16.7. The molecule has 1 aliphatic heterocycles. The number of hydrogen-bond acceptors (Lipinski definition) is 4. The van der Waals surface area contributed by atoms with Gasteiger partial charge < -0.3 is 16.0 Å². The third-order valence-electron chi connectivity index (χ3n) is 4.04. The van der Waals surface area contributed by atoms with E-state index in [1.165, 1.54) is 0 Å². The zero-order valence-electron chi connectivity index (χ0n) is 13.4. The van der Waals surface area contributed by atoms with Crippen molar-refractivity contribution in [3.63, 3.8) is 0 Å². The van der Waals surface area contributed by atoms with Gasteiger partial charge in [0.1, 0.15) is 0 Å². The van der Waals surface area contributed by atoms with Crippen molar-refractivity contribution in [1.29, 1.82) is 0 Å². The molecule has 0 aliphatic carbocycles. The minimum Gasteiger partial charge on any atom is -0.353 e. The standard InChI is InChI=1S/C15H32N4O/c1-4-14(3)17-15(20)12-19-7-5-6-18(8-9-19)11-13(2)10-16/h13-14H,4-12,16H2,1-3H3,(H,17,20). The van der Waals surface area contributed by atoms with Crippen LogP contribution in [0.1, 0.15) is 33.6 Å². The minimum absolute atomic E-state index is 0.156. The molecule has 3 N–H and O–H groups in total. The zero-order chi connectivity index (χ0) is 15.0. The summed E-state index contributed by atoms with van der Waals surface area (Å²) in [5.41, 5.74) is 5.69. The Hall–Kier alpha value is -0.650. The normalized spacial score (nSPS) is 21.2. The van der Waals surface area contributed by atoms with Crippen LogP contribution in [0.25, 0.3) is 0 Å². The molecule has 0 aromatic rings. The third kappa shape index (κ3) is 6.68. The van der Waals surface area contributed by atoms with Crippen LogP contribution in [0.5, 0.6) is 0 Å². The number of rotatable bonds is 7. The average Bonchev–Trinajstić information content (AvgIpc) is 2.64. The first kappa shape index (κ1) is 17.4. The molecule has 1 aliphatic rings. The molecule has 1 rings (SSSR count). The number of nitrogens with one attached hydrogen (secondary N) is 1. The minimum atomic E-state index is 0.156. The van der Waals surface area contributed by atoms with Crippen LogP contribution in [0.2, 0.25) is 0 Å². The highest BCUT2D eigenvalue weighted by Gasteiger charge is 2.18. The van der Waals surface area contributed by atoms with E-state index in [1.807, 2.05) is 0 Å². The molecule has 2 atom stereocenters. The van der Waals surface area contributed by atoms with Gasteiger partial charge in [-0.3, -0.25) is 9.69 Å². The predicted molar refractivity (Wildman–Crippen MR) is 83.6 cm³/mol. The lowest BCUT2D eigenvalue weighted by atomic mass is 10.1. The van der Waals surface area contributed by atoms with Crippen molar-refractivity contribution in [1.82, 2.24) is 15.1 Å². The van der Waals surface area contributed by atoms with Crippen molar-refractivity contribution in [3.8, 4) is 0 Å². The fourth-order valence-corrected chi connectivity index (χ4v) is 2.51. The van der Waals surface area contributed by atoms with E-state index in [0.717, 1.165) is 52.1 Å². The Bertz CT molecular complexity index is 285. The monoisotopic (exact) mass is 284 g/mol. The van der Waals surface area contributed by atoms with E-state index in [-0.39, 0.29) is 11.9 Å². The van der Waals surface area contributed by atoms with E-state index in [2.05, 4.69) is 35.9 Å². The van der Waals surface area contributed by atoms with Gasteiger partial charge in [-0.1, -0.05) is 13.8 Å². The summed E-state index contributed by atoms with van der Waals surface area (Å²) in [5, 5.41) is 3.04. The van der Waals surface area contributed by atoms with Crippen molar-refractivity contribution in [2.24, 2.45) is 11.7 Å². The first-order valence-corrected chi connectivity index (χ1v) is 7.99. The Labute approximate surface area is 123 Å². The molecule has 1 heterocycles. The van der Waals surface area contributed by atoms with Crippen LogP contribution in [0, 0.1) is 5.92 Å². The van der Waals surface area contributed by atoms with Gasteiger partial charge in [0.05, 0.1) is 6.54 Å². The number of carbonyl (C=O) groups excluding carboxylic acids is 1. The molecule has 5 nitrogen and oxygen atoms in total. The van der Waals surface area contributed by atoms with Gasteiger partial charge >= 0.3 is 0 Å². The molecule has 5 heteroatoms. The fraction of sp³-hybridized carbons (Fsp3) is 0.933. The van der Waals surface area contributed by atoms with Crippen molar-refractivity contribution in [2.45, 2.75) is 39.7 Å². The summed E-state index contributed by atoms with van der Waals surface area (Å²) < 4.78 is 0. The van der Waals surface area contributed by atoms with Gasteiger partial charge in [0.25, 0.3) is 0 Å². The molecule has 20 heavy (non-hydrogen) atoms. The molecule has 0 spiro atoms. The molecule has 0 aromatic carbocycles. The van der Waals surface area contributed by atoms with E-state index >= 15 is 0 Å². The van der Waals surface area contributed by atoms with Crippen LogP contribution in [-0.4, -0.2) is 67.6 Å². The van der Waals surface area contributed by atoms with Gasteiger partial charge in [-0.15, -0.1) is 0 Å². The summed E-state index contributed by atoms with van der Waals surface area (Å²) in [5.74, 6) is 0.707. The molecule has 1 fully saturated rings. The Morgan fingerprint density at radius 1 is 1.20 bits per heavy atom. The van der Waals surface area contributed by atoms with Crippen LogP contribution >= 0.6 is 0 Å². The Morgan fingerprint density at radius 2 is 1.85 bits per heavy atom. The molecule has 1 saturated heterocycles. The maximum absolute atomic E-state index is 11.9. The lowest BCUT2D eigenvalue weighted by Gasteiger charge is -2.24. The number of amides is 1. The van der Waals surface area contributed by atoms with Gasteiger partial charge in [-0.25, -0.2) is 0 Å². The molecule has 0 radical (unpaired) electrons. The highest BCUT2D eigenvalue weighted by Crippen LogP contribution is 2.06. The smallest absolute Gasteiger partial charge is 0.234 e. The van der Waals surface area contributed by atoms with Crippen molar-refractivity contribution in [3.05, 3.63) is 0 Å². The highest BCUT2D eigenvalue weighted by atomic mass is 16.2. The second-order valence-electron chi connectivity index (χ2n) is 6.15. The Kier molecular flexibility index (Phi) is 8.11. The SMILES string of the molecule is CCC(C)NC(=O)CN1CCCN(CC(C)CN)CC1. The predicted octanol–water partition coefficient (Wildman–Crippen LogP) is 0.504. The average molecular weight is 284 g/mol. The largest absolute Gasteiger partial charge is 0.353 e. The van der Waals surface area contributed by atoms with Crippen molar-refractivity contribution in [2.75, 3.05) is 45.8 Å². The molecular formula is C15H32N4O. The maximum atomic E-state index is 11.9. The molecule has 0 saturated carbocycles. The quantitative estimate of drug-likeness (QED) is 0.715. The van der Waals surface area contributed by atoms with Gasteiger partial charge in [-0.2, -0.15) is 0 Å². The molecule has 118 valence electrons. The number of hydrogen-bond donors (Lipinski definition) is 2. The van der Waals surface area contributed by atoms with Crippen LogP contribution in [-0.2, 0) is 4.79 Å². The third-order valence-corrected chi connectivity index (χ3v) is 4.04. The number of nitrogens with zero attached hydrogens (tertiary/aromatic N) is 2. The van der Waals surface area contributed by atoms with Crippen LogP contribution in [0.15, 0.2) is 0 Å². The lowest BCUT2D eigenvalue weighted by Crippen LogP contribution is -2.42. The lowest BCUT2D eigenvalue weighted by molar-refractivity contribution is -0.122. The molecule has 0 bridgehead atoms. The summed E-state index contributed by atoms with van der Waals surface area (Å²) in [6, 6.07) is 0.274. The molecule has 1 amide bonds. The highest BCUT2D eigenvalue weighted by molar-refractivity contribution is 5.78. The van der Waals surface area contributed by atoms with Crippen molar-refractivity contribution < 1.29 is 4.79 Å². The van der Waals surface area contributed by atoms with Crippen LogP contribution in [0.3, 0.4) is 0 Å². The van der Waals surface area contributed by atoms with E-state index in [4.69, 9.17) is 5.73 Å². The van der Waals surface area contributed by atoms with Gasteiger partial charge in [0.2, 0.25) is 5.91 Å². The van der Waals surface area contributed by atoms with Crippen LogP contribution < -0.4 is 11.1 Å². The van der Waals surface area contributed by atoms with Gasteiger partial charge in [-0.05, 0) is 45.3 Å². The van der Waals surface area contributed by atoms with Gasteiger partial charge in [0, 0.05) is 25.7 Å². The maximum Gasteiger partial charge on any atom is 0.234 e. The summed E-state index contributed by atoms with van der Waals surface area (Å²) in [7, 11) is 0. The Morgan fingerprint density at radius 3 is 2.50 bits per heavy atom. The summed E-state index contributed by atoms with van der Waals surface area (Å²) >= 11 is 0. The van der Waals surface area contributed by atoms with E-state index in [0.29, 0.717) is 12.5 Å². The number of nitrogens with two attached hydrogens (primary N) is 1. The first-order valence-electron chi connectivity index (χ1n) is 7.99. The van der Waals surface area contributed by atoms with Crippen LogP contribution in [0.4, 0.5) is 0 Å². The summed E-state index contributed by atoms with van der Waals surface area (Å²) in [6.07, 6.45) is 2.12. The fourth-order valence-electron chi connectivity index (χ4n) is 2.51. The molecular weight excluding hydrogens is 252 g/mol. The topological polar surface area (TPSA) is 61.6 Å². The van der Waals surface area contributed by atoms with E-state index in [1.54, 1.807) is 0 Å². The van der Waals surface area contributed by atoms with Crippen molar-refractivity contribution >= 4 is 5.91 Å². The zero-order valence-corrected chi connectivity index (χ0v) is 13.4. The second kappa shape index (κ2) is 9.32. The van der Waals surface area contributed by atoms with E-state index in [9.17, 15) is 4.79 Å².